The summed E-state index contributed by atoms with van der Waals surface area (Å²) in [5.74, 6) is 1.70. The molecule has 0 radical (unpaired) electrons. The molecule has 0 fully saturated rings. The number of nitrogen functional groups attached to an aromatic ring is 1. The molecular formula is C27H29ClN2O4S. The molecule has 0 saturated heterocycles. The Morgan fingerprint density at radius 1 is 1.00 bits per heavy atom. The van der Waals surface area contributed by atoms with E-state index in [0.717, 1.165) is 45.9 Å². The molecule has 1 amide bonds. The van der Waals surface area contributed by atoms with E-state index in [1.165, 1.54) is 0 Å². The molecule has 1 heterocycles. The van der Waals surface area contributed by atoms with Crippen molar-refractivity contribution in [3.05, 3.63) is 89.0 Å². The molecule has 3 aromatic rings. The molecule has 1 aliphatic rings. The van der Waals surface area contributed by atoms with Gasteiger partial charge >= 0.3 is 0 Å². The van der Waals surface area contributed by atoms with Crippen molar-refractivity contribution in [3.63, 3.8) is 0 Å². The fourth-order valence-electron chi connectivity index (χ4n) is 3.76. The average molecular weight is 513 g/mol. The van der Waals surface area contributed by atoms with E-state index in [2.05, 4.69) is 6.08 Å². The van der Waals surface area contributed by atoms with Gasteiger partial charge in [-0.15, -0.1) is 0 Å². The Labute approximate surface area is 213 Å². The van der Waals surface area contributed by atoms with E-state index in [-0.39, 0.29) is 6.04 Å². The van der Waals surface area contributed by atoms with Crippen LogP contribution in [0.1, 0.15) is 23.6 Å². The van der Waals surface area contributed by atoms with E-state index in [0.29, 0.717) is 17.3 Å². The second-order valence-electron chi connectivity index (χ2n) is 7.86. The topological polar surface area (TPSA) is 81.9 Å². The van der Waals surface area contributed by atoms with Crippen molar-refractivity contribution in [1.29, 1.82) is 0 Å². The van der Waals surface area contributed by atoms with Crippen molar-refractivity contribution in [2.75, 3.05) is 32.8 Å². The fraction of sp³-hybridized carbons (Fsp3) is 0.222. The van der Waals surface area contributed by atoms with Crippen molar-refractivity contribution < 1.29 is 18.5 Å². The van der Waals surface area contributed by atoms with Gasteiger partial charge in [0, 0.05) is 44.8 Å². The number of hydrogen-bond donors (Lipinski definition) is 1. The lowest BCUT2D eigenvalue weighted by atomic mass is 9.92. The number of nitrogens with zero attached hydrogens (tertiary/aromatic N) is 1. The first-order chi connectivity index (χ1) is 16.9. The monoisotopic (exact) mass is 512 g/mol. The lowest BCUT2D eigenvalue weighted by Crippen LogP contribution is -2.30. The van der Waals surface area contributed by atoms with E-state index < -0.39 is 10.8 Å². The second-order valence-corrected chi connectivity index (χ2v) is 9.68. The molecule has 0 bridgehead atoms. The van der Waals surface area contributed by atoms with E-state index >= 15 is 0 Å². The van der Waals surface area contributed by atoms with Crippen LogP contribution in [0.5, 0.6) is 11.5 Å². The van der Waals surface area contributed by atoms with Crippen LogP contribution < -0.4 is 15.2 Å². The maximum absolute atomic E-state index is 11.6. The van der Waals surface area contributed by atoms with Gasteiger partial charge in [-0.25, -0.2) is 0 Å². The molecule has 2 unspecified atom stereocenters. The van der Waals surface area contributed by atoms with Gasteiger partial charge in [0.2, 0.25) is 6.41 Å². The minimum absolute atomic E-state index is 0.182. The molecule has 2 atom stereocenters. The third kappa shape index (κ3) is 6.87. The Morgan fingerprint density at radius 2 is 1.60 bits per heavy atom. The highest BCUT2D eigenvalue weighted by molar-refractivity contribution is 7.84. The van der Waals surface area contributed by atoms with E-state index in [1.807, 2.05) is 54.6 Å². The quantitative estimate of drug-likeness (QED) is 0.355. The molecule has 8 heteroatoms. The second kappa shape index (κ2) is 12.4. The first kappa shape index (κ1) is 26.3. The predicted octanol–water partition coefficient (Wildman–Crippen LogP) is 5.35. The number of nitrogens with two attached hydrogens (primary N) is 1. The van der Waals surface area contributed by atoms with Gasteiger partial charge in [0.1, 0.15) is 11.5 Å². The molecule has 3 aromatic carbocycles. The van der Waals surface area contributed by atoms with E-state index in [1.54, 1.807) is 37.5 Å². The van der Waals surface area contributed by atoms with Crippen LogP contribution in [0.3, 0.4) is 0 Å². The summed E-state index contributed by atoms with van der Waals surface area (Å²) in [5.41, 5.74) is 9.74. The Bertz CT molecular complexity index is 1170. The maximum Gasteiger partial charge on any atom is 0.210 e. The van der Waals surface area contributed by atoms with Crippen molar-refractivity contribution >= 4 is 40.1 Å². The van der Waals surface area contributed by atoms with Gasteiger partial charge in [0.25, 0.3) is 0 Å². The summed E-state index contributed by atoms with van der Waals surface area (Å²) in [4.78, 5) is 14.0. The zero-order valence-corrected chi connectivity index (χ0v) is 21.5. The van der Waals surface area contributed by atoms with Gasteiger partial charge < -0.3 is 20.1 Å². The van der Waals surface area contributed by atoms with Gasteiger partial charge in [-0.1, -0.05) is 29.8 Å². The van der Waals surface area contributed by atoms with Gasteiger partial charge in [-0.05, 0) is 72.2 Å². The molecule has 0 spiro atoms. The van der Waals surface area contributed by atoms with Crippen LogP contribution in [-0.2, 0) is 15.6 Å². The molecule has 6 nitrogen and oxygen atoms in total. The number of methoxy groups -OCH3 is 2. The number of anilines is 1. The summed E-state index contributed by atoms with van der Waals surface area (Å²) in [7, 11) is 2.26. The van der Waals surface area contributed by atoms with E-state index in [4.69, 9.17) is 26.8 Å². The van der Waals surface area contributed by atoms with Crippen molar-refractivity contribution in [1.82, 2.24) is 4.90 Å². The highest BCUT2D eigenvalue weighted by Gasteiger charge is 2.24. The Balaban J connectivity index is 0.000000287. The predicted molar refractivity (Wildman–Crippen MR) is 142 cm³/mol. The highest BCUT2D eigenvalue weighted by Crippen LogP contribution is 2.36. The Kier molecular flexibility index (Phi) is 9.34. The molecule has 0 aliphatic carbocycles. The molecule has 184 valence electrons. The third-order valence-electron chi connectivity index (χ3n) is 5.70. The maximum atomic E-state index is 11.6. The van der Waals surface area contributed by atoms with Crippen LogP contribution in [-0.4, -0.2) is 42.5 Å². The minimum Gasteiger partial charge on any atom is -0.497 e. The number of hydrogen-bond acceptors (Lipinski definition) is 5. The van der Waals surface area contributed by atoms with Gasteiger partial charge in [0.05, 0.1) is 20.3 Å². The minimum atomic E-state index is -1.02. The number of carbonyl (C=O) groups is 1. The molecule has 2 N–H and O–H groups in total. The van der Waals surface area contributed by atoms with Crippen LogP contribution in [0.4, 0.5) is 5.69 Å². The largest absolute Gasteiger partial charge is 0.497 e. The smallest absolute Gasteiger partial charge is 0.210 e. The summed E-state index contributed by atoms with van der Waals surface area (Å²) in [6.07, 6.45) is 5.28. The van der Waals surface area contributed by atoms with Crippen LogP contribution in [0.15, 0.2) is 77.7 Å². The third-order valence-corrected chi connectivity index (χ3v) is 6.87. The van der Waals surface area contributed by atoms with E-state index in [9.17, 15) is 9.00 Å². The first-order valence-electron chi connectivity index (χ1n) is 10.9. The zero-order chi connectivity index (χ0) is 25.4. The summed E-state index contributed by atoms with van der Waals surface area (Å²) in [6.45, 7) is 0.605. The number of amides is 1. The standard InChI is InChI=1S/C19H19ClN2O2S.C8H10O2/c1-25(24)16-5-2-13(3-6-16)19-10-14(8-9-22(19)12-23)17-11-15(20)4-7-18(17)21;1-9-7-3-5-8(10-2)6-4-7/h2-7,10-12,19H,8-9,21H2,1H3;3-6H,1-2H3. The molecular weight excluding hydrogens is 484 g/mol. The summed E-state index contributed by atoms with van der Waals surface area (Å²) < 4.78 is 21.5. The van der Waals surface area contributed by atoms with Gasteiger partial charge in [0.15, 0.2) is 0 Å². The van der Waals surface area contributed by atoms with Gasteiger partial charge in [-0.3, -0.25) is 9.00 Å². The SMILES string of the molecule is COc1ccc(OC)cc1.CS(=O)c1ccc(C2C=C(c3cc(Cl)ccc3N)CCN2C=O)cc1. The number of benzene rings is 3. The average Bonchev–Trinajstić information content (AvgIpc) is 2.90. The normalized spacial score (nSPS) is 15.8. The zero-order valence-electron chi connectivity index (χ0n) is 19.9. The van der Waals surface area contributed by atoms with Crippen molar-refractivity contribution in [2.45, 2.75) is 17.4 Å². The highest BCUT2D eigenvalue weighted by atomic mass is 35.5. The lowest BCUT2D eigenvalue weighted by Gasteiger charge is -2.32. The van der Waals surface area contributed by atoms with Crippen LogP contribution >= 0.6 is 11.6 Å². The van der Waals surface area contributed by atoms with Crippen LogP contribution in [0, 0.1) is 0 Å². The summed E-state index contributed by atoms with van der Waals surface area (Å²) in [5, 5.41) is 0.634. The molecule has 1 aliphatic heterocycles. The number of carbonyl (C=O) groups excluding carboxylic acids is 1. The van der Waals surface area contributed by atoms with Crippen molar-refractivity contribution in [3.8, 4) is 11.5 Å². The summed E-state index contributed by atoms with van der Waals surface area (Å²) in [6, 6.07) is 20.2. The molecule has 35 heavy (non-hydrogen) atoms. The number of halogens is 1. The molecule has 4 rings (SSSR count). The first-order valence-corrected chi connectivity index (χ1v) is 12.9. The van der Waals surface area contributed by atoms with Crippen LogP contribution in [0.2, 0.25) is 5.02 Å². The molecule has 0 aromatic heterocycles. The number of rotatable bonds is 6. The van der Waals surface area contributed by atoms with Crippen molar-refractivity contribution in [2.24, 2.45) is 0 Å². The molecule has 0 saturated carbocycles. The van der Waals surface area contributed by atoms with Gasteiger partial charge in [-0.2, -0.15) is 0 Å². The Hall–Kier alpha value is -3.29. The fourth-order valence-corrected chi connectivity index (χ4v) is 4.46. The Morgan fingerprint density at radius 3 is 2.11 bits per heavy atom. The summed E-state index contributed by atoms with van der Waals surface area (Å²) >= 11 is 6.11. The van der Waals surface area contributed by atoms with Crippen LogP contribution in [0.25, 0.3) is 5.57 Å². The number of ether oxygens (including phenoxy) is 2. The lowest BCUT2D eigenvalue weighted by molar-refractivity contribution is -0.119.